The second-order valence-electron chi connectivity index (χ2n) is 8.62. The molecule has 1 amide bonds. The van der Waals surface area contributed by atoms with Crippen molar-refractivity contribution in [3.05, 3.63) is 82.9 Å². The number of carboxylic acids is 1. The molecule has 1 aliphatic heterocycles. The molecule has 2 aromatic carbocycles. The molecule has 0 bridgehead atoms. The minimum Gasteiger partial charge on any atom is -0.481 e. The summed E-state index contributed by atoms with van der Waals surface area (Å²) in [6, 6.07) is 16.6. The third kappa shape index (κ3) is 3.79. The molecular formula is C26H29NO3. The number of allylic oxidation sites excluding steroid dienone is 1. The Balaban J connectivity index is 1.64. The quantitative estimate of drug-likeness (QED) is 0.711. The molecule has 0 aromatic heterocycles. The second kappa shape index (κ2) is 8.47. The number of carboxylic acid groups (broad SMARTS) is 1. The molecule has 156 valence electrons. The summed E-state index contributed by atoms with van der Waals surface area (Å²) in [6.45, 7) is 4.81. The number of aliphatic carboxylic acids is 1. The van der Waals surface area contributed by atoms with Gasteiger partial charge in [-0.15, -0.1) is 0 Å². The van der Waals surface area contributed by atoms with Gasteiger partial charge in [0, 0.05) is 12.5 Å². The van der Waals surface area contributed by atoms with E-state index in [1.807, 2.05) is 29.2 Å². The third-order valence-corrected chi connectivity index (χ3v) is 6.76. The van der Waals surface area contributed by atoms with Crippen LogP contribution in [0.5, 0.6) is 0 Å². The summed E-state index contributed by atoms with van der Waals surface area (Å²) in [7, 11) is 0. The molecule has 1 aliphatic carbocycles. The molecule has 1 fully saturated rings. The van der Waals surface area contributed by atoms with Crippen LogP contribution in [-0.4, -0.2) is 28.4 Å². The zero-order valence-electron chi connectivity index (χ0n) is 17.6. The van der Waals surface area contributed by atoms with Gasteiger partial charge in [0.05, 0.1) is 17.9 Å². The number of amides is 1. The Morgan fingerprint density at radius 3 is 2.57 bits per heavy atom. The van der Waals surface area contributed by atoms with Gasteiger partial charge >= 0.3 is 5.97 Å². The molecule has 4 rings (SSSR count). The number of aryl methyl sites for hydroxylation is 3. The van der Waals surface area contributed by atoms with Crippen molar-refractivity contribution in [2.45, 2.75) is 39.2 Å². The summed E-state index contributed by atoms with van der Waals surface area (Å²) in [6.07, 6.45) is 6.23. The molecule has 1 N–H and O–H groups in total. The van der Waals surface area contributed by atoms with Gasteiger partial charge in [0.25, 0.3) is 0 Å². The summed E-state index contributed by atoms with van der Waals surface area (Å²) in [4.78, 5) is 27.3. The minimum atomic E-state index is -0.868. The summed E-state index contributed by atoms with van der Waals surface area (Å²) in [5, 5.41) is 9.75. The number of carbonyl (C=O) groups is 2. The monoisotopic (exact) mass is 403 g/mol. The van der Waals surface area contributed by atoms with Crippen molar-refractivity contribution in [1.82, 2.24) is 4.90 Å². The lowest BCUT2D eigenvalue weighted by Gasteiger charge is -2.30. The third-order valence-electron chi connectivity index (χ3n) is 6.76. The zero-order chi connectivity index (χ0) is 21.3. The lowest BCUT2D eigenvalue weighted by molar-refractivity contribution is -0.148. The summed E-state index contributed by atoms with van der Waals surface area (Å²) >= 11 is 0. The van der Waals surface area contributed by atoms with E-state index >= 15 is 0 Å². The average Bonchev–Trinajstić information content (AvgIpc) is 3.03. The lowest BCUT2D eigenvalue weighted by Crippen LogP contribution is -2.35. The molecule has 2 aliphatic rings. The fourth-order valence-corrected chi connectivity index (χ4v) is 5.04. The number of likely N-dealkylation sites (tertiary alicyclic amines) is 1. The van der Waals surface area contributed by atoms with Crippen LogP contribution in [0, 0.1) is 31.6 Å². The Morgan fingerprint density at radius 1 is 1.10 bits per heavy atom. The first-order valence-corrected chi connectivity index (χ1v) is 10.8. The van der Waals surface area contributed by atoms with E-state index in [0.717, 1.165) is 18.4 Å². The van der Waals surface area contributed by atoms with Gasteiger partial charge in [0.15, 0.2) is 0 Å². The Kier molecular flexibility index (Phi) is 5.76. The minimum absolute atomic E-state index is 0.00644. The Labute approximate surface area is 178 Å². The van der Waals surface area contributed by atoms with Crippen molar-refractivity contribution in [3.8, 4) is 0 Å². The first kappa shape index (κ1) is 20.4. The number of hydrogen-bond donors (Lipinski definition) is 1. The summed E-state index contributed by atoms with van der Waals surface area (Å²) < 4.78 is 0. The van der Waals surface area contributed by atoms with Crippen LogP contribution in [0.4, 0.5) is 0 Å². The van der Waals surface area contributed by atoms with Crippen molar-refractivity contribution in [3.63, 3.8) is 0 Å². The van der Waals surface area contributed by atoms with Crippen molar-refractivity contribution >= 4 is 11.9 Å². The van der Waals surface area contributed by atoms with Crippen LogP contribution in [0.25, 0.3) is 0 Å². The largest absolute Gasteiger partial charge is 0.481 e. The Bertz CT molecular complexity index is 965. The Hall–Kier alpha value is -2.88. The first-order chi connectivity index (χ1) is 14.5. The standard InChI is InChI=1S/C26H29NO3/c1-17-13-14-20(16-18(17)2)24-21-11-6-12-22(26(29)30)23(21)25(28)27(24)15-7-10-19-8-4-3-5-9-19/h3-6,8-9,11,13-14,16,21-24H,7,10,12,15H2,1-2H3,(H,29,30)/t21-,22+,23+,24-/m0/s1. The van der Waals surface area contributed by atoms with Gasteiger partial charge in [-0.25, -0.2) is 0 Å². The number of nitrogens with zero attached hydrogens (tertiary/aromatic N) is 1. The first-order valence-electron chi connectivity index (χ1n) is 10.8. The molecule has 1 heterocycles. The highest BCUT2D eigenvalue weighted by molar-refractivity contribution is 5.88. The fourth-order valence-electron chi connectivity index (χ4n) is 5.04. The number of rotatable bonds is 6. The smallest absolute Gasteiger partial charge is 0.307 e. The van der Waals surface area contributed by atoms with E-state index in [0.29, 0.717) is 13.0 Å². The normalized spacial score (nSPS) is 25.4. The zero-order valence-corrected chi connectivity index (χ0v) is 17.6. The SMILES string of the molecule is Cc1ccc([C@H]2[C@H]3C=CC[C@@H](C(=O)O)[C@@H]3C(=O)N2CCCc2ccccc2)cc1C. The predicted octanol–water partition coefficient (Wildman–Crippen LogP) is 4.71. The van der Waals surface area contributed by atoms with Gasteiger partial charge in [0.1, 0.15) is 0 Å². The van der Waals surface area contributed by atoms with Crippen molar-refractivity contribution in [1.29, 1.82) is 0 Å². The van der Waals surface area contributed by atoms with Gasteiger partial charge in [-0.2, -0.15) is 0 Å². The maximum Gasteiger partial charge on any atom is 0.307 e. The second-order valence-corrected chi connectivity index (χ2v) is 8.62. The van der Waals surface area contributed by atoms with Crippen LogP contribution in [-0.2, 0) is 16.0 Å². The number of fused-ring (bicyclic) bond motifs is 1. The molecule has 0 unspecified atom stereocenters. The van der Waals surface area contributed by atoms with Crippen LogP contribution in [0.3, 0.4) is 0 Å². The fraction of sp³-hybridized carbons (Fsp3) is 0.385. The van der Waals surface area contributed by atoms with Crippen molar-refractivity contribution in [2.24, 2.45) is 17.8 Å². The van der Waals surface area contributed by atoms with Gasteiger partial charge in [-0.3, -0.25) is 9.59 Å². The highest BCUT2D eigenvalue weighted by atomic mass is 16.4. The lowest BCUT2D eigenvalue weighted by atomic mass is 9.74. The number of carbonyl (C=O) groups excluding carboxylic acids is 1. The van der Waals surface area contributed by atoms with Crippen LogP contribution in [0.1, 0.15) is 41.1 Å². The van der Waals surface area contributed by atoms with Gasteiger partial charge in [-0.05, 0) is 55.4 Å². The van der Waals surface area contributed by atoms with Crippen molar-refractivity contribution < 1.29 is 14.7 Å². The van der Waals surface area contributed by atoms with Crippen LogP contribution in [0.15, 0.2) is 60.7 Å². The molecule has 4 nitrogen and oxygen atoms in total. The predicted molar refractivity (Wildman–Crippen MR) is 117 cm³/mol. The van der Waals surface area contributed by atoms with E-state index in [1.54, 1.807) is 0 Å². The van der Waals surface area contributed by atoms with E-state index in [1.165, 1.54) is 16.7 Å². The van der Waals surface area contributed by atoms with Crippen molar-refractivity contribution in [2.75, 3.05) is 6.54 Å². The van der Waals surface area contributed by atoms with Crippen LogP contribution < -0.4 is 0 Å². The number of hydrogen-bond acceptors (Lipinski definition) is 2. The molecule has 30 heavy (non-hydrogen) atoms. The molecule has 0 saturated carbocycles. The summed E-state index contributed by atoms with van der Waals surface area (Å²) in [5.41, 5.74) is 4.78. The van der Waals surface area contributed by atoms with E-state index in [9.17, 15) is 14.7 Å². The topological polar surface area (TPSA) is 57.6 Å². The summed E-state index contributed by atoms with van der Waals surface area (Å²) in [5.74, 6) is -2.08. The van der Waals surface area contributed by atoms with Gasteiger partial charge in [-0.1, -0.05) is 60.7 Å². The van der Waals surface area contributed by atoms with E-state index < -0.39 is 17.8 Å². The molecule has 0 radical (unpaired) electrons. The maximum absolute atomic E-state index is 13.5. The molecular weight excluding hydrogens is 374 g/mol. The highest BCUT2D eigenvalue weighted by Gasteiger charge is 2.53. The van der Waals surface area contributed by atoms with E-state index in [2.05, 4.69) is 50.3 Å². The molecule has 4 atom stereocenters. The van der Waals surface area contributed by atoms with E-state index in [-0.39, 0.29) is 17.9 Å². The average molecular weight is 404 g/mol. The maximum atomic E-state index is 13.5. The molecule has 2 aromatic rings. The van der Waals surface area contributed by atoms with Gasteiger partial charge < -0.3 is 10.0 Å². The van der Waals surface area contributed by atoms with Gasteiger partial charge in [0.2, 0.25) is 5.91 Å². The van der Waals surface area contributed by atoms with Crippen LogP contribution >= 0.6 is 0 Å². The highest BCUT2D eigenvalue weighted by Crippen LogP contribution is 2.48. The van der Waals surface area contributed by atoms with E-state index in [4.69, 9.17) is 0 Å². The number of benzene rings is 2. The molecule has 1 saturated heterocycles. The molecule has 4 heteroatoms. The van der Waals surface area contributed by atoms with Crippen LogP contribution in [0.2, 0.25) is 0 Å². The Morgan fingerprint density at radius 2 is 1.87 bits per heavy atom. The molecule has 0 spiro atoms.